The molecule has 0 bridgehead atoms. The molecule has 3 heteroatoms. The van der Waals surface area contributed by atoms with Crippen LogP contribution in [0.2, 0.25) is 0 Å². The molecule has 2 aromatic carbocycles. The van der Waals surface area contributed by atoms with E-state index in [0.717, 1.165) is 17.9 Å². The normalized spacial score (nSPS) is 11.0. The topological polar surface area (TPSA) is 41.1 Å². The van der Waals surface area contributed by atoms with Gasteiger partial charge in [-0.15, -0.1) is 0 Å². The van der Waals surface area contributed by atoms with Crippen molar-refractivity contribution in [3.63, 3.8) is 0 Å². The maximum absolute atomic E-state index is 11.9. The van der Waals surface area contributed by atoms with Crippen LogP contribution in [0.5, 0.6) is 0 Å². The molecule has 0 aliphatic carbocycles. The average Bonchev–Trinajstić information content (AvgIpc) is 2.46. The third-order valence-corrected chi connectivity index (χ3v) is 3.16. The fraction of sp³-hybridized carbons (Fsp3) is 0.278. The van der Waals surface area contributed by atoms with Crippen molar-refractivity contribution in [1.82, 2.24) is 0 Å². The van der Waals surface area contributed by atoms with Crippen molar-refractivity contribution in [3.05, 3.63) is 60.2 Å². The highest BCUT2D eigenvalue weighted by molar-refractivity contribution is 5.94. The molecule has 21 heavy (non-hydrogen) atoms. The quantitative estimate of drug-likeness (QED) is 0.878. The number of hydrogen-bond acceptors (Lipinski definition) is 2. The summed E-state index contributed by atoms with van der Waals surface area (Å²) in [6.45, 7) is 6.49. The molecule has 0 saturated heterocycles. The fourth-order valence-electron chi connectivity index (χ4n) is 1.79. The lowest BCUT2D eigenvalue weighted by molar-refractivity contribution is -0.123. The standard InChI is InChI=1S/C18H22N2O/c1-18(2,3)17(21)20-16-11-9-15(10-12-16)19-13-14-7-5-4-6-8-14/h4-12,19H,13H2,1-3H3,(H,20,21). The first-order valence-corrected chi connectivity index (χ1v) is 7.14. The van der Waals surface area contributed by atoms with Gasteiger partial charge in [0.15, 0.2) is 0 Å². The summed E-state index contributed by atoms with van der Waals surface area (Å²) >= 11 is 0. The van der Waals surface area contributed by atoms with Crippen molar-refractivity contribution in [3.8, 4) is 0 Å². The number of anilines is 2. The molecular formula is C18H22N2O. The Morgan fingerprint density at radius 3 is 2.05 bits per heavy atom. The highest BCUT2D eigenvalue weighted by Gasteiger charge is 2.20. The Bertz CT molecular complexity index is 583. The Balaban J connectivity index is 1.92. The van der Waals surface area contributed by atoms with E-state index in [0.29, 0.717) is 0 Å². The van der Waals surface area contributed by atoms with Crippen LogP contribution in [0.15, 0.2) is 54.6 Å². The molecule has 2 rings (SSSR count). The van der Waals surface area contributed by atoms with E-state index >= 15 is 0 Å². The number of benzene rings is 2. The number of rotatable bonds is 4. The monoisotopic (exact) mass is 282 g/mol. The van der Waals surface area contributed by atoms with Crippen LogP contribution in [-0.4, -0.2) is 5.91 Å². The van der Waals surface area contributed by atoms with Gasteiger partial charge in [0, 0.05) is 23.3 Å². The Morgan fingerprint density at radius 2 is 1.48 bits per heavy atom. The van der Waals surface area contributed by atoms with Crippen molar-refractivity contribution in [2.24, 2.45) is 5.41 Å². The molecule has 0 aromatic heterocycles. The van der Waals surface area contributed by atoms with Crippen LogP contribution in [0.25, 0.3) is 0 Å². The molecule has 0 heterocycles. The third kappa shape index (κ3) is 4.63. The molecule has 0 aliphatic rings. The molecule has 110 valence electrons. The maximum Gasteiger partial charge on any atom is 0.229 e. The average molecular weight is 282 g/mol. The van der Waals surface area contributed by atoms with Crippen molar-refractivity contribution < 1.29 is 4.79 Å². The first-order chi connectivity index (χ1) is 9.95. The molecule has 0 radical (unpaired) electrons. The third-order valence-electron chi connectivity index (χ3n) is 3.16. The fourth-order valence-corrected chi connectivity index (χ4v) is 1.79. The number of nitrogens with one attached hydrogen (secondary N) is 2. The summed E-state index contributed by atoms with van der Waals surface area (Å²) in [5, 5.41) is 6.28. The number of hydrogen-bond donors (Lipinski definition) is 2. The maximum atomic E-state index is 11.9. The lowest BCUT2D eigenvalue weighted by Crippen LogP contribution is -2.27. The van der Waals surface area contributed by atoms with E-state index in [9.17, 15) is 4.79 Å². The van der Waals surface area contributed by atoms with E-state index in [4.69, 9.17) is 0 Å². The molecule has 0 saturated carbocycles. The van der Waals surface area contributed by atoms with E-state index in [1.54, 1.807) is 0 Å². The largest absolute Gasteiger partial charge is 0.381 e. The van der Waals surface area contributed by atoms with E-state index in [2.05, 4.69) is 22.8 Å². The molecule has 2 aromatic rings. The van der Waals surface area contributed by atoms with Gasteiger partial charge in [0.25, 0.3) is 0 Å². The summed E-state index contributed by atoms with van der Waals surface area (Å²) in [5.74, 6) is 0.0208. The molecule has 1 amide bonds. The Kier molecular flexibility index (Phi) is 4.63. The SMILES string of the molecule is CC(C)(C)C(=O)Nc1ccc(NCc2ccccc2)cc1. The van der Waals surface area contributed by atoms with E-state index in [1.165, 1.54) is 5.56 Å². The van der Waals surface area contributed by atoms with Gasteiger partial charge in [0.2, 0.25) is 5.91 Å². The molecule has 2 N–H and O–H groups in total. The van der Waals surface area contributed by atoms with E-state index in [1.807, 2.05) is 63.2 Å². The van der Waals surface area contributed by atoms with Gasteiger partial charge in [0.1, 0.15) is 0 Å². The van der Waals surface area contributed by atoms with Gasteiger partial charge in [-0.3, -0.25) is 4.79 Å². The Labute approximate surface area is 126 Å². The molecule has 0 spiro atoms. The first-order valence-electron chi connectivity index (χ1n) is 7.14. The zero-order chi connectivity index (χ0) is 15.3. The summed E-state index contributed by atoms with van der Waals surface area (Å²) in [7, 11) is 0. The van der Waals surface area contributed by atoms with Crippen LogP contribution in [0.1, 0.15) is 26.3 Å². The van der Waals surface area contributed by atoms with Gasteiger partial charge in [-0.1, -0.05) is 51.1 Å². The van der Waals surface area contributed by atoms with Gasteiger partial charge < -0.3 is 10.6 Å². The van der Waals surface area contributed by atoms with Gasteiger partial charge in [-0.2, -0.15) is 0 Å². The van der Waals surface area contributed by atoms with Gasteiger partial charge in [0.05, 0.1) is 0 Å². The van der Waals surface area contributed by atoms with Crippen LogP contribution in [0.3, 0.4) is 0 Å². The highest BCUT2D eigenvalue weighted by Crippen LogP contribution is 2.19. The van der Waals surface area contributed by atoms with Crippen LogP contribution in [0.4, 0.5) is 11.4 Å². The smallest absolute Gasteiger partial charge is 0.229 e. The zero-order valence-corrected chi connectivity index (χ0v) is 12.8. The zero-order valence-electron chi connectivity index (χ0n) is 12.8. The van der Waals surface area contributed by atoms with Gasteiger partial charge >= 0.3 is 0 Å². The van der Waals surface area contributed by atoms with E-state index < -0.39 is 0 Å². The minimum absolute atomic E-state index is 0.0208. The van der Waals surface area contributed by atoms with Crippen molar-refractivity contribution in [2.45, 2.75) is 27.3 Å². The number of carbonyl (C=O) groups is 1. The lowest BCUT2D eigenvalue weighted by Gasteiger charge is -2.17. The molecule has 0 unspecified atom stereocenters. The van der Waals surface area contributed by atoms with Crippen LogP contribution >= 0.6 is 0 Å². The minimum Gasteiger partial charge on any atom is -0.381 e. The van der Waals surface area contributed by atoms with Crippen molar-refractivity contribution in [1.29, 1.82) is 0 Å². The van der Waals surface area contributed by atoms with Crippen molar-refractivity contribution >= 4 is 17.3 Å². The second kappa shape index (κ2) is 6.44. The first kappa shape index (κ1) is 15.1. The van der Waals surface area contributed by atoms with Crippen LogP contribution < -0.4 is 10.6 Å². The van der Waals surface area contributed by atoms with Crippen LogP contribution in [0, 0.1) is 5.41 Å². The van der Waals surface area contributed by atoms with Crippen LogP contribution in [-0.2, 0) is 11.3 Å². The number of carbonyl (C=O) groups excluding carboxylic acids is 1. The van der Waals surface area contributed by atoms with Crippen molar-refractivity contribution in [2.75, 3.05) is 10.6 Å². The van der Waals surface area contributed by atoms with Gasteiger partial charge in [-0.25, -0.2) is 0 Å². The predicted molar refractivity (Wildman–Crippen MR) is 88.3 cm³/mol. The predicted octanol–water partition coefficient (Wildman–Crippen LogP) is 4.28. The lowest BCUT2D eigenvalue weighted by atomic mass is 9.95. The molecular weight excluding hydrogens is 260 g/mol. The second-order valence-corrected chi connectivity index (χ2v) is 6.12. The Hall–Kier alpha value is -2.29. The summed E-state index contributed by atoms with van der Waals surface area (Å²) < 4.78 is 0. The molecule has 0 fully saturated rings. The second-order valence-electron chi connectivity index (χ2n) is 6.12. The molecule has 0 aliphatic heterocycles. The summed E-state index contributed by atoms with van der Waals surface area (Å²) in [6.07, 6.45) is 0. The highest BCUT2D eigenvalue weighted by atomic mass is 16.2. The molecule has 3 nitrogen and oxygen atoms in total. The summed E-state index contributed by atoms with van der Waals surface area (Å²) in [4.78, 5) is 11.9. The minimum atomic E-state index is -0.385. The number of amides is 1. The molecule has 0 atom stereocenters. The summed E-state index contributed by atoms with van der Waals surface area (Å²) in [5.41, 5.74) is 2.71. The van der Waals surface area contributed by atoms with E-state index in [-0.39, 0.29) is 11.3 Å². The van der Waals surface area contributed by atoms with Gasteiger partial charge in [-0.05, 0) is 29.8 Å². The Morgan fingerprint density at radius 1 is 0.905 bits per heavy atom. The summed E-state index contributed by atoms with van der Waals surface area (Å²) in [6, 6.07) is 18.0.